The normalized spacial score (nSPS) is 11.4. The molecule has 15 heavy (non-hydrogen) atoms. The predicted octanol–water partition coefficient (Wildman–Crippen LogP) is 2.03. The summed E-state index contributed by atoms with van der Waals surface area (Å²) in [4.78, 5) is 5.39. The monoisotopic (exact) mass is 243 g/mol. The Balaban J connectivity index is 2.28. The molecule has 5 heteroatoms. The van der Waals surface area contributed by atoms with Crippen LogP contribution in [0.15, 0.2) is 29.8 Å². The van der Waals surface area contributed by atoms with Crippen LogP contribution in [0.3, 0.4) is 0 Å². The molecule has 0 aromatic carbocycles. The van der Waals surface area contributed by atoms with Crippen molar-refractivity contribution in [1.29, 1.82) is 0 Å². The first-order valence-corrected chi connectivity index (χ1v) is 5.80. The molecular formula is C10H14ClN3S. The second-order valence-electron chi connectivity index (χ2n) is 2.89. The van der Waals surface area contributed by atoms with Crippen LogP contribution in [-0.4, -0.2) is 19.0 Å². The predicted molar refractivity (Wildman–Crippen MR) is 67.7 cm³/mol. The highest BCUT2D eigenvalue weighted by molar-refractivity contribution is 7.16. The van der Waals surface area contributed by atoms with E-state index < -0.39 is 0 Å². The molecule has 0 radical (unpaired) electrons. The summed E-state index contributed by atoms with van der Waals surface area (Å²) >= 11 is 7.38. The molecule has 82 valence electrons. The van der Waals surface area contributed by atoms with Gasteiger partial charge in [-0.3, -0.25) is 4.99 Å². The number of thiophene rings is 1. The van der Waals surface area contributed by atoms with Gasteiger partial charge in [-0.2, -0.15) is 0 Å². The molecule has 1 aromatic heterocycles. The second kappa shape index (κ2) is 6.48. The van der Waals surface area contributed by atoms with E-state index in [0.717, 1.165) is 10.8 Å². The SMILES string of the molecule is C=CCNC(N)=NCCc1ccc(Cl)s1. The standard InChI is InChI=1S/C10H14ClN3S/c1-2-6-13-10(12)14-7-5-8-3-4-9(11)15-8/h2-4H,1,5-7H2,(H3,12,13,14). The quantitative estimate of drug-likeness (QED) is 0.472. The lowest BCUT2D eigenvalue weighted by molar-refractivity contribution is 0.940. The minimum absolute atomic E-state index is 0.456. The average molecular weight is 244 g/mol. The smallest absolute Gasteiger partial charge is 0.188 e. The molecule has 0 aliphatic heterocycles. The van der Waals surface area contributed by atoms with Crippen molar-refractivity contribution in [2.24, 2.45) is 10.7 Å². The zero-order chi connectivity index (χ0) is 11.1. The van der Waals surface area contributed by atoms with Crippen LogP contribution in [0.5, 0.6) is 0 Å². The summed E-state index contributed by atoms with van der Waals surface area (Å²) in [6.07, 6.45) is 2.61. The van der Waals surface area contributed by atoms with E-state index in [-0.39, 0.29) is 0 Å². The lowest BCUT2D eigenvalue weighted by Gasteiger charge is -2.00. The molecule has 0 fully saturated rings. The highest BCUT2D eigenvalue weighted by Gasteiger charge is 1.97. The summed E-state index contributed by atoms with van der Waals surface area (Å²) in [6, 6.07) is 3.90. The topological polar surface area (TPSA) is 50.4 Å². The zero-order valence-electron chi connectivity index (χ0n) is 8.37. The number of guanidine groups is 1. The van der Waals surface area contributed by atoms with Gasteiger partial charge in [0.05, 0.1) is 4.34 Å². The Morgan fingerprint density at radius 3 is 3.07 bits per heavy atom. The van der Waals surface area contributed by atoms with Gasteiger partial charge < -0.3 is 11.1 Å². The maximum atomic E-state index is 5.80. The van der Waals surface area contributed by atoms with E-state index in [1.807, 2.05) is 12.1 Å². The van der Waals surface area contributed by atoms with Crippen molar-refractivity contribution < 1.29 is 0 Å². The van der Waals surface area contributed by atoms with Gasteiger partial charge in [0.1, 0.15) is 0 Å². The molecule has 0 bridgehead atoms. The van der Waals surface area contributed by atoms with Crippen molar-refractivity contribution >= 4 is 28.9 Å². The van der Waals surface area contributed by atoms with Gasteiger partial charge in [-0.25, -0.2) is 0 Å². The van der Waals surface area contributed by atoms with Crippen molar-refractivity contribution in [3.63, 3.8) is 0 Å². The second-order valence-corrected chi connectivity index (χ2v) is 4.69. The first-order valence-electron chi connectivity index (χ1n) is 4.61. The summed E-state index contributed by atoms with van der Waals surface area (Å²) < 4.78 is 0.812. The Bertz CT molecular complexity index is 346. The third-order valence-electron chi connectivity index (χ3n) is 1.70. The molecule has 3 N–H and O–H groups in total. The number of aliphatic imine (C=N–C) groups is 1. The number of rotatable bonds is 5. The molecule has 0 amide bonds. The van der Waals surface area contributed by atoms with Gasteiger partial charge in [0.2, 0.25) is 0 Å². The number of nitrogens with one attached hydrogen (secondary N) is 1. The number of hydrogen-bond donors (Lipinski definition) is 2. The summed E-state index contributed by atoms with van der Waals surface area (Å²) in [6.45, 7) is 4.89. The molecule has 0 unspecified atom stereocenters. The van der Waals surface area contributed by atoms with E-state index in [2.05, 4.69) is 16.9 Å². The number of nitrogens with two attached hydrogens (primary N) is 1. The van der Waals surface area contributed by atoms with Crippen molar-refractivity contribution in [2.75, 3.05) is 13.1 Å². The number of halogens is 1. The fourth-order valence-electron chi connectivity index (χ4n) is 1.01. The van der Waals surface area contributed by atoms with Gasteiger partial charge >= 0.3 is 0 Å². The van der Waals surface area contributed by atoms with Crippen molar-refractivity contribution in [3.8, 4) is 0 Å². The molecule has 0 aliphatic rings. The van der Waals surface area contributed by atoms with Gasteiger partial charge in [-0.15, -0.1) is 17.9 Å². The van der Waals surface area contributed by atoms with E-state index in [4.69, 9.17) is 17.3 Å². The molecule has 0 spiro atoms. The van der Waals surface area contributed by atoms with Gasteiger partial charge in [-0.05, 0) is 12.1 Å². The fraction of sp³-hybridized carbons (Fsp3) is 0.300. The maximum Gasteiger partial charge on any atom is 0.188 e. The largest absolute Gasteiger partial charge is 0.370 e. The van der Waals surface area contributed by atoms with Crippen LogP contribution in [0.4, 0.5) is 0 Å². The van der Waals surface area contributed by atoms with Crippen molar-refractivity contribution in [2.45, 2.75) is 6.42 Å². The Hall–Kier alpha value is -1.000. The fourth-order valence-corrected chi connectivity index (χ4v) is 2.08. The summed E-state index contributed by atoms with van der Waals surface area (Å²) in [7, 11) is 0. The zero-order valence-corrected chi connectivity index (χ0v) is 9.94. The van der Waals surface area contributed by atoms with Crippen LogP contribution >= 0.6 is 22.9 Å². The van der Waals surface area contributed by atoms with Crippen LogP contribution in [0.1, 0.15) is 4.88 Å². The summed E-state index contributed by atoms with van der Waals surface area (Å²) in [5.41, 5.74) is 5.60. The molecule has 0 saturated carbocycles. The minimum atomic E-state index is 0.456. The number of hydrogen-bond acceptors (Lipinski definition) is 2. The lowest BCUT2D eigenvalue weighted by Crippen LogP contribution is -2.31. The van der Waals surface area contributed by atoms with Crippen molar-refractivity contribution in [3.05, 3.63) is 34.0 Å². The van der Waals surface area contributed by atoms with Crippen LogP contribution in [0.2, 0.25) is 4.34 Å². The first-order chi connectivity index (χ1) is 7.22. The van der Waals surface area contributed by atoms with E-state index in [9.17, 15) is 0 Å². The van der Waals surface area contributed by atoms with E-state index in [1.54, 1.807) is 17.4 Å². The molecule has 1 aromatic rings. The molecule has 1 heterocycles. The van der Waals surface area contributed by atoms with Crippen LogP contribution < -0.4 is 11.1 Å². The minimum Gasteiger partial charge on any atom is -0.370 e. The van der Waals surface area contributed by atoms with E-state index in [1.165, 1.54) is 4.88 Å². The molecular weight excluding hydrogens is 230 g/mol. The van der Waals surface area contributed by atoms with E-state index >= 15 is 0 Å². The molecule has 0 atom stereocenters. The average Bonchev–Trinajstić information content (AvgIpc) is 2.61. The molecule has 1 rings (SSSR count). The van der Waals surface area contributed by atoms with Crippen molar-refractivity contribution in [1.82, 2.24) is 5.32 Å². The Morgan fingerprint density at radius 2 is 2.47 bits per heavy atom. The number of nitrogens with zero attached hydrogens (tertiary/aromatic N) is 1. The van der Waals surface area contributed by atoms with Crippen LogP contribution in [-0.2, 0) is 6.42 Å². The van der Waals surface area contributed by atoms with Crippen LogP contribution in [0, 0.1) is 0 Å². The van der Waals surface area contributed by atoms with Crippen LogP contribution in [0.25, 0.3) is 0 Å². The molecule has 0 aliphatic carbocycles. The maximum absolute atomic E-state index is 5.80. The highest BCUT2D eigenvalue weighted by Crippen LogP contribution is 2.21. The summed E-state index contributed by atoms with van der Waals surface area (Å²) in [5, 5.41) is 2.91. The van der Waals surface area contributed by atoms with Gasteiger partial charge in [0.15, 0.2) is 5.96 Å². The van der Waals surface area contributed by atoms with Gasteiger partial charge in [-0.1, -0.05) is 17.7 Å². The molecule has 3 nitrogen and oxygen atoms in total. The molecule has 0 saturated heterocycles. The van der Waals surface area contributed by atoms with Gasteiger partial charge in [0, 0.05) is 24.4 Å². The highest BCUT2D eigenvalue weighted by atomic mass is 35.5. The summed E-state index contributed by atoms with van der Waals surface area (Å²) in [5.74, 6) is 0.456. The third kappa shape index (κ3) is 4.85. The lowest BCUT2D eigenvalue weighted by atomic mass is 10.3. The van der Waals surface area contributed by atoms with E-state index in [0.29, 0.717) is 19.0 Å². The Morgan fingerprint density at radius 1 is 1.67 bits per heavy atom. The Labute approximate surface area is 98.7 Å². The first kappa shape index (κ1) is 12.1. The Kier molecular flexibility index (Phi) is 5.21. The van der Waals surface area contributed by atoms with Gasteiger partial charge in [0.25, 0.3) is 0 Å². The third-order valence-corrected chi connectivity index (χ3v) is 2.99.